The molecule has 0 aromatic heterocycles. The molecule has 2 aromatic carbocycles. The van der Waals surface area contributed by atoms with Crippen LogP contribution in [0.2, 0.25) is 5.02 Å². The average Bonchev–Trinajstić information content (AvgIpc) is 2.52. The molecule has 0 aliphatic heterocycles. The molecular weight excluding hydrogens is 282 g/mol. The summed E-state index contributed by atoms with van der Waals surface area (Å²) < 4.78 is 0. The first-order chi connectivity index (χ1) is 10.2. The second kappa shape index (κ2) is 8.28. The van der Waals surface area contributed by atoms with Gasteiger partial charge in [-0.05, 0) is 42.2 Å². The van der Waals surface area contributed by atoms with Gasteiger partial charge in [0.1, 0.15) is 0 Å². The van der Waals surface area contributed by atoms with Crippen LogP contribution in [0.5, 0.6) is 0 Å². The van der Waals surface area contributed by atoms with E-state index in [1.54, 1.807) is 6.08 Å². The third kappa shape index (κ3) is 5.84. The standard InChI is InChI=1S/C18H18ClNO/c19-17-11-8-16(9-12-17)7-4-14-20-18(21)13-10-15-5-2-1-3-6-15/h1-3,5-6,8-13H,4,7,14H2,(H,20,21)/b13-10+. The van der Waals surface area contributed by atoms with Gasteiger partial charge in [-0.15, -0.1) is 0 Å². The van der Waals surface area contributed by atoms with Crippen LogP contribution in [0, 0.1) is 0 Å². The Balaban J connectivity index is 1.67. The predicted molar refractivity (Wildman–Crippen MR) is 88.3 cm³/mol. The van der Waals surface area contributed by atoms with Crippen LogP contribution in [0.15, 0.2) is 60.7 Å². The second-order valence-electron chi connectivity index (χ2n) is 4.77. The fraction of sp³-hybridized carbons (Fsp3) is 0.167. The van der Waals surface area contributed by atoms with Crippen LogP contribution in [-0.4, -0.2) is 12.5 Å². The Morgan fingerprint density at radius 1 is 1.05 bits per heavy atom. The fourth-order valence-electron chi connectivity index (χ4n) is 1.95. The van der Waals surface area contributed by atoms with Gasteiger partial charge in [0.15, 0.2) is 0 Å². The largest absolute Gasteiger partial charge is 0.353 e. The van der Waals surface area contributed by atoms with Crippen molar-refractivity contribution < 1.29 is 4.79 Å². The molecule has 0 unspecified atom stereocenters. The van der Waals surface area contributed by atoms with Gasteiger partial charge < -0.3 is 5.32 Å². The van der Waals surface area contributed by atoms with Crippen molar-refractivity contribution in [3.8, 4) is 0 Å². The van der Waals surface area contributed by atoms with E-state index in [4.69, 9.17) is 11.6 Å². The van der Waals surface area contributed by atoms with Gasteiger partial charge >= 0.3 is 0 Å². The molecule has 0 saturated carbocycles. The Morgan fingerprint density at radius 2 is 1.76 bits per heavy atom. The van der Waals surface area contributed by atoms with E-state index in [1.807, 2.05) is 60.7 Å². The maximum atomic E-state index is 11.7. The monoisotopic (exact) mass is 299 g/mol. The van der Waals surface area contributed by atoms with Crippen LogP contribution in [0.1, 0.15) is 17.5 Å². The summed E-state index contributed by atoms with van der Waals surface area (Å²) in [6.45, 7) is 0.667. The Hall–Kier alpha value is -2.06. The van der Waals surface area contributed by atoms with E-state index in [9.17, 15) is 4.79 Å². The minimum absolute atomic E-state index is 0.0602. The second-order valence-corrected chi connectivity index (χ2v) is 5.20. The average molecular weight is 300 g/mol. The van der Waals surface area contributed by atoms with Crippen molar-refractivity contribution in [2.45, 2.75) is 12.8 Å². The molecule has 3 heteroatoms. The van der Waals surface area contributed by atoms with Gasteiger partial charge in [0, 0.05) is 17.6 Å². The Kier molecular flexibility index (Phi) is 6.04. The molecular formula is C18H18ClNO. The number of rotatable bonds is 6. The number of aryl methyl sites for hydroxylation is 1. The highest BCUT2D eigenvalue weighted by Crippen LogP contribution is 2.10. The SMILES string of the molecule is O=C(/C=C/c1ccccc1)NCCCc1ccc(Cl)cc1. The molecule has 0 fully saturated rings. The molecule has 0 spiro atoms. The van der Waals surface area contributed by atoms with Crippen LogP contribution < -0.4 is 5.32 Å². The summed E-state index contributed by atoms with van der Waals surface area (Å²) >= 11 is 5.84. The number of carbonyl (C=O) groups is 1. The molecule has 2 rings (SSSR count). The molecule has 0 aliphatic carbocycles. The third-order valence-electron chi connectivity index (χ3n) is 3.08. The minimum atomic E-state index is -0.0602. The summed E-state index contributed by atoms with van der Waals surface area (Å²) in [6, 6.07) is 17.6. The van der Waals surface area contributed by atoms with E-state index in [0.29, 0.717) is 6.54 Å². The molecule has 0 saturated heterocycles. The van der Waals surface area contributed by atoms with E-state index in [2.05, 4.69) is 5.32 Å². The van der Waals surface area contributed by atoms with Gasteiger partial charge in [-0.25, -0.2) is 0 Å². The lowest BCUT2D eigenvalue weighted by Crippen LogP contribution is -2.22. The predicted octanol–water partition coefficient (Wildman–Crippen LogP) is 4.10. The molecule has 108 valence electrons. The van der Waals surface area contributed by atoms with Gasteiger partial charge in [0.2, 0.25) is 5.91 Å². The van der Waals surface area contributed by atoms with E-state index in [1.165, 1.54) is 5.56 Å². The van der Waals surface area contributed by atoms with Crippen molar-refractivity contribution >= 4 is 23.6 Å². The van der Waals surface area contributed by atoms with Crippen LogP contribution in [-0.2, 0) is 11.2 Å². The van der Waals surface area contributed by atoms with Crippen molar-refractivity contribution in [1.29, 1.82) is 0 Å². The van der Waals surface area contributed by atoms with Gasteiger partial charge in [-0.2, -0.15) is 0 Å². The Morgan fingerprint density at radius 3 is 2.48 bits per heavy atom. The van der Waals surface area contributed by atoms with Crippen LogP contribution in [0.4, 0.5) is 0 Å². The maximum absolute atomic E-state index is 11.7. The number of carbonyl (C=O) groups excluding carboxylic acids is 1. The summed E-state index contributed by atoms with van der Waals surface area (Å²) in [5.74, 6) is -0.0602. The zero-order valence-corrected chi connectivity index (χ0v) is 12.5. The fourth-order valence-corrected chi connectivity index (χ4v) is 2.08. The van der Waals surface area contributed by atoms with Gasteiger partial charge in [-0.1, -0.05) is 54.1 Å². The molecule has 2 nitrogen and oxygen atoms in total. The van der Waals surface area contributed by atoms with Gasteiger partial charge in [-0.3, -0.25) is 4.79 Å². The number of halogens is 1. The topological polar surface area (TPSA) is 29.1 Å². The first-order valence-corrected chi connectivity index (χ1v) is 7.37. The number of benzene rings is 2. The Labute approximate surface area is 130 Å². The molecule has 21 heavy (non-hydrogen) atoms. The summed E-state index contributed by atoms with van der Waals surface area (Å²) in [7, 11) is 0. The van der Waals surface area contributed by atoms with E-state index >= 15 is 0 Å². The van der Waals surface area contributed by atoms with Crippen molar-refractivity contribution in [2.24, 2.45) is 0 Å². The lowest BCUT2D eigenvalue weighted by molar-refractivity contribution is -0.116. The zero-order chi connectivity index (χ0) is 14.9. The molecule has 1 amide bonds. The van der Waals surface area contributed by atoms with Gasteiger partial charge in [0.25, 0.3) is 0 Å². The Bertz CT molecular complexity index is 590. The van der Waals surface area contributed by atoms with E-state index < -0.39 is 0 Å². The first kappa shape index (κ1) is 15.3. The third-order valence-corrected chi connectivity index (χ3v) is 3.33. The van der Waals surface area contributed by atoms with E-state index in [-0.39, 0.29) is 5.91 Å². The zero-order valence-electron chi connectivity index (χ0n) is 11.8. The number of amides is 1. The summed E-state index contributed by atoms with van der Waals surface area (Å²) in [5, 5.41) is 3.63. The molecule has 0 bridgehead atoms. The number of hydrogen-bond acceptors (Lipinski definition) is 1. The smallest absolute Gasteiger partial charge is 0.243 e. The number of nitrogens with one attached hydrogen (secondary N) is 1. The summed E-state index contributed by atoms with van der Waals surface area (Å²) in [6.07, 6.45) is 5.22. The molecule has 0 atom stereocenters. The van der Waals surface area contributed by atoms with Crippen molar-refractivity contribution in [1.82, 2.24) is 5.32 Å². The van der Waals surface area contributed by atoms with Crippen molar-refractivity contribution in [3.05, 3.63) is 76.8 Å². The normalized spacial score (nSPS) is 10.7. The molecule has 0 radical (unpaired) electrons. The van der Waals surface area contributed by atoms with E-state index in [0.717, 1.165) is 23.4 Å². The lowest BCUT2D eigenvalue weighted by Gasteiger charge is -2.03. The highest BCUT2D eigenvalue weighted by molar-refractivity contribution is 6.30. The van der Waals surface area contributed by atoms with Crippen LogP contribution in [0.3, 0.4) is 0 Å². The first-order valence-electron chi connectivity index (χ1n) is 6.99. The highest BCUT2D eigenvalue weighted by atomic mass is 35.5. The van der Waals surface area contributed by atoms with Crippen molar-refractivity contribution in [3.63, 3.8) is 0 Å². The minimum Gasteiger partial charge on any atom is -0.353 e. The molecule has 0 heterocycles. The molecule has 0 aliphatic rings. The lowest BCUT2D eigenvalue weighted by atomic mass is 10.1. The van der Waals surface area contributed by atoms with Crippen molar-refractivity contribution in [2.75, 3.05) is 6.54 Å². The summed E-state index contributed by atoms with van der Waals surface area (Å²) in [4.78, 5) is 11.7. The molecule has 2 aromatic rings. The maximum Gasteiger partial charge on any atom is 0.243 e. The van der Waals surface area contributed by atoms with Crippen LogP contribution >= 0.6 is 11.6 Å². The van der Waals surface area contributed by atoms with Gasteiger partial charge in [0.05, 0.1) is 0 Å². The highest BCUT2D eigenvalue weighted by Gasteiger charge is 1.97. The quantitative estimate of drug-likeness (QED) is 0.631. The summed E-state index contributed by atoms with van der Waals surface area (Å²) in [5.41, 5.74) is 2.25. The molecule has 1 N–H and O–H groups in total. The van der Waals surface area contributed by atoms with Crippen LogP contribution in [0.25, 0.3) is 6.08 Å². The number of hydrogen-bond donors (Lipinski definition) is 1.